The van der Waals surface area contributed by atoms with Crippen LogP contribution < -0.4 is 9.04 Å². The van der Waals surface area contributed by atoms with Crippen LogP contribution in [0.5, 0.6) is 5.75 Å². The smallest absolute Gasteiger partial charge is 0.243 e. The number of hydrogen-bond acceptors (Lipinski definition) is 4. The second kappa shape index (κ2) is 8.04. The van der Waals surface area contributed by atoms with E-state index >= 15 is 0 Å². The molecule has 0 aliphatic carbocycles. The highest BCUT2D eigenvalue weighted by Gasteiger charge is 2.25. The minimum Gasteiger partial charge on any atom is -0.491 e. The van der Waals surface area contributed by atoms with E-state index in [0.29, 0.717) is 29.3 Å². The number of ether oxygens (including phenoxy) is 2. The van der Waals surface area contributed by atoms with Gasteiger partial charge in [0.05, 0.1) is 23.7 Å². The summed E-state index contributed by atoms with van der Waals surface area (Å²) in [5.74, 6) is 0.516. The van der Waals surface area contributed by atoms with E-state index in [4.69, 9.17) is 9.47 Å². The van der Waals surface area contributed by atoms with Gasteiger partial charge < -0.3 is 9.47 Å². The fourth-order valence-corrected chi connectivity index (χ4v) is 4.57. The monoisotopic (exact) mass is 395 g/mol. The summed E-state index contributed by atoms with van der Waals surface area (Å²) in [6, 6.07) is 25.4. The molecular formula is C22H21NO4S. The second-order valence-corrected chi connectivity index (χ2v) is 8.42. The molecule has 0 saturated carbocycles. The summed E-state index contributed by atoms with van der Waals surface area (Å²) in [4.78, 5) is 0. The molecule has 1 unspecified atom stereocenters. The van der Waals surface area contributed by atoms with Crippen molar-refractivity contribution in [1.82, 2.24) is 0 Å². The van der Waals surface area contributed by atoms with Crippen LogP contribution in [0.25, 0.3) is 0 Å². The lowest BCUT2D eigenvalue weighted by molar-refractivity contribution is 0.263. The van der Waals surface area contributed by atoms with E-state index in [1.165, 1.54) is 4.31 Å². The highest BCUT2D eigenvalue weighted by molar-refractivity contribution is 7.92. The number of anilines is 2. The molecule has 4 rings (SSSR count). The molecule has 1 aliphatic heterocycles. The zero-order valence-electron chi connectivity index (χ0n) is 15.3. The second-order valence-electron chi connectivity index (χ2n) is 6.61. The minimum atomic E-state index is -3.66. The summed E-state index contributed by atoms with van der Waals surface area (Å²) in [6.07, 6.45) is 0.152. The SMILES string of the molecule is O=S(=O)(Cc1cccc(OCC2CO2)c1)N(c1ccccc1)c1ccccc1. The zero-order chi connectivity index (χ0) is 19.4. The third kappa shape index (κ3) is 4.52. The van der Waals surface area contributed by atoms with Gasteiger partial charge in [0.2, 0.25) is 10.0 Å². The van der Waals surface area contributed by atoms with Crippen LogP contribution in [-0.2, 0) is 20.5 Å². The molecule has 28 heavy (non-hydrogen) atoms. The Bertz CT molecular complexity index is 979. The fourth-order valence-electron chi connectivity index (χ4n) is 2.95. The van der Waals surface area contributed by atoms with Gasteiger partial charge in [0, 0.05) is 0 Å². The van der Waals surface area contributed by atoms with Crippen LogP contribution in [-0.4, -0.2) is 27.7 Å². The summed E-state index contributed by atoms with van der Waals surface area (Å²) in [5, 5.41) is 0. The first-order valence-corrected chi connectivity index (χ1v) is 10.7. The predicted octanol–water partition coefficient (Wildman–Crippen LogP) is 4.13. The summed E-state index contributed by atoms with van der Waals surface area (Å²) in [5.41, 5.74) is 1.88. The number of nitrogens with zero attached hydrogens (tertiary/aromatic N) is 1. The Hall–Kier alpha value is -2.83. The third-order valence-electron chi connectivity index (χ3n) is 4.35. The van der Waals surface area contributed by atoms with E-state index in [1.54, 1.807) is 36.4 Å². The number of sulfonamides is 1. The normalized spacial score (nSPS) is 15.8. The van der Waals surface area contributed by atoms with Gasteiger partial charge in [-0.1, -0.05) is 48.5 Å². The van der Waals surface area contributed by atoms with Crippen molar-refractivity contribution in [1.29, 1.82) is 0 Å². The van der Waals surface area contributed by atoms with E-state index in [-0.39, 0.29) is 11.9 Å². The van der Waals surface area contributed by atoms with Crippen LogP contribution >= 0.6 is 0 Å². The van der Waals surface area contributed by atoms with E-state index in [1.807, 2.05) is 48.5 Å². The standard InChI is InChI=1S/C22H21NO4S/c24-28(25,17-18-8-7-13-21(14-18)26-15-22-16-27-22)23(19-9-3-1-4-10-19)20-11-5-2-6-12-20/h1-14,22H,15-17H2. The van der Waals surface area contributed by atoms with Gasteiger partial charge in [0.1, 0.15) is 18.5 Å². The Labute approximate surface area is 165 Å². The van der Waals surface area contributed by atoms with Gasteiger partial charge >= 0.3 is 0 Å². The number of benzene rings is 3. The van der Waals surface area contributed by atoms with Crippen molar-refractivity contribution in [3.05, 3.63) is 90.5 Å². The van der Waals surface area contributed by atoms with Gasteiger partial charge in [-0.25, -0.2) is 12.7 Å². The van der Waals surface area contributed by atoms with Crippen molar-refractivity contribution in [2.45, 2.75) is 11.9 Å². The molecule has 3 aromatic carbocycles. The number of epoxide rings is 1. The van der Waals surface area contributed by atoms with Crippen molar-refractivity contribution in [3.8, 4) is 5.75 Å². The van der Waals surface area contributed by atoms with Gasteiger partial charge in [-0.2, -0.15) is 0 Å². The Balaban J connectivity index is 1.62. The fraction of sp³-hybridized carbons (Fsp3) is 0.182. The van der Waals surface area contributed by atoms with E-state index < -0.39 is 10.0 Å². The Morgan fingerprint density at radius 1 is 0.893 bits per heavy atom. The Morgan fingerprint density at radius 2 is 1.50 bits per heavy atom. The molecule has 3 aromatic rings. The summed E-state index contributed by atoms with van der Waals surface area (Å²) in [6.45, 7) is 1.20. The Morgan fingerprint density at radius 3 is 2.07 bits per heavy atom. The third-order valence-corrected chi connectivity index (χ3v) is 6.02. The van der Waals surface area contributed by atoms with Gasteiger partial charge in [-0.3, -0.25) is 0 Å². The first kappa shape index (κ1) is 18.5. The van der Waals surface area contributed by atoms with Crippen LogP contribution in [0.1, 0.15) is 5.56 Å². The minimum absolute atomic E-state index is 0.131. The van der Waals surface area contributed by atoms with Crippen molar-refractivity contribution < 1.29 is 17.9 Å². The van der Waals surface area contributed by atoms with E-state index in [9.17, 15) is 8.42 Å². The van der Waals surface area contributed by atoms with Crippen LogP contribution in [0.2, 0.25) is 0 Å². The van der Waals surface area contributed by atoms with Crippen molar-refractivity contribution in [3.63, 3.8) is 0 Å². The first-order valence-electron chi connectivity index (χ1n) is 9.08. The largest absolute Gasteiger partial charge is 0.491 e. The average Bonchev–Trinajstić information content (AvgIpc) is 3.52. The van der Waals surface area contributed by atoms with Gasteiger partial charge in [-0.05, 0) is 42.0 Å². The molecule has 5 nitrogen and oxygen atoms in total. The van der Waals surface area contributed by atoms with E-state index in [0.717, 1.165) is 6.61 Å². The maximum Gasteiger partial charge on any atom is 0.243 e. The van der Waals surface area contributed by atoms with Crippen LogP contribution in [0.4, 0.5) is 11.4 Å². The maximum absolute atomic E-state index is 13.4. The molecule has 0 N–H and O–H groups in total. The lowest BCUT2D eigenvalue weighted by atomic mass is 10.2. The lowest BCUT2D eigenvalue weighted by Crippen LogP contribution is -2.27. The molecular weight excluding hydrogens is 374 g/mol. The molecule has 0 bridgehead atoms. The van der Waals surface area contributed by atoms with Crippen molar-refractivity contribution in [2.24, 2.45) is 0 Å². The average molecular weight is 395 g/mol. The van der Waals surface area contributed by atoms with Gasteiger partial charge in [0.15, 0.2) is 0 Å². The number of hydrogen-bond donors (Lipinski definition) is 0. The van der Waals surface area contributed by atoms with Crippen molar-refractivity contribution in [2.75, 3.05) is 17.5 Å². The molecule has 1 heterocycles. The van der Waals surface area contributed by atoms with Crippen molar-refractivity contribution >= 4 is 21.4 Å². The highest BCUT2D eigenvalue weighted by Crippen LogP contribution is 2.30. The number of rotatable bonds is 8. The lowest BCUT2D eigenvalue weighted by Gasteiger charge is -2.24. The van der Waals surface area contributed by atoms with Crippen LogP contribution in [0.15, 0.2) is 84.9 Å². The maximum atomic E-state index is 13.4. The molecule has 1 saturated heterocycles. The topological polar surface area (TPSA) is 59.1 Å². The van der Waals surface area contributed by atoms with Crippen LogP contribution in [0.3, 0.4) is 0 Å². The number of para-hydroxylation sites is 2. The van der Waals surface area contributed by atoms with E-state index in [2.05, 4.69) is 0 Å². The quantitative estimate of drug-likeness (QED) is 0.538. The summed E-state index contributed by atoms with van der Waals surface area (Å²) >= 11 is 0. The zero-order valence-corrected chi connectivity index (χ0v) is 16.1. The molecule has 1 atom stereocenters. The van der Waals surface area contributed by atoms with Gasteiger partial charge in [0.25, 0.3) is 0 Å². The molecule has 0 spiro atoms. The molecule has 0 radical (unpaired) electrons. The van der Waals surface area contributed by atoms with Crippen LogP contribution in [0, 0.1) is 0 Å². The highest BCUT2D eigenvalue weighted by atomic mass is 32.2. The molecule has 1 fully saturated rings. The van der Waals surface area contributed by atoms with Gasteiger partial charge in [-0.15, -0.1) is 0 Å². The molecule has 144 valence electrons. The first-order chi connectivity index (χ1) is 13.6. The molecule has 0 amide bonds. The predicted molar refractivity (Wildman–Crippen MR) is 109 cm³/mol. The molecule has 0 aromatic heterocycles. The molecule has 6 heteroatoms. The molecule has 1 aliphatic rings. The Kier molecular flexibility index (Phi) is 5.32. The summed E-state index contributed by atoms with van der Waals surface area (Å²) < 4.78 is 38.9. The summed E-state index contributed by atoms with van der Waals surface area (Å²) in [7, 11) is -3.66.